The van der Waals surface area contributed by atoms with Crippen LogP contribution in [-0.4, -0.2) is 10.9 Å². The van der Waals surface area contributed by atoms with Gasteiger partial charge in [0.2, 0.25) is 0 Å². The normalized spacial score (nSPS) is 10.7. The van der Waals surface area contributed by atoms with Gasteiger partial charge in [0.05, 0.1) is 5.56 Å². The van der Waals surface area contributed by atoms with Crippen LogP contribution in [0.4, 0.5) is 13.2 Å². The third-order valence-electron chi connectivity index (χ3n) is 1.54. The lowest BCUT2D eigenvalue weighted by atomic mass is 10.2. The molecule has 1 heterocycles. The van der Waals surface area contributed by atoms with Crippen molar-refractivity contribution in [1.29, 1.82) is 0 Å². The van der Waals surface area contributed by atoms with E-state index in [1.807, 2.05) is 0 Å². The Morgan fingerprint density at radius 2 is 2.13 bits per heavy atom. The molecule has 0 unspecified atom stereocenters. The van der Waals surface area contributed by atoms with Crippen LogP contribution in [0.2, 0.25) is 0 Å². The molecule has 1 nitrogen and oxygen atoms in total. The zero-order chi connectivity index (χ0) is 11.3. The fourth-order valence-corrected chi connectivity index (χ4v) is 1.02. The van der Waals surface area contributed by atoms with Gasteiger partial charge < -0.3 is 0 Å². The number of rotatable bonds is 1. The van der Waals surface area contributed by atoms with E-state index in [0.29, 0.717) is 12.3 Å². The van der Waals surface area contributed by atoms with E-state index in [2.05, 4.69) is 16.8 Å². The first-order chi connectivity index (χ1) is 7.05. The number of halogens is 4. The summed E-state index contributed by atoms with van der Waals surface area (Å²) < 4.78 is 37.3. The Kier molecular flexibility index (Phi) is 3.98. The number of nitrogens with zero attached hydrogens (tertiary/aromatic N) is 1. The number of aromatic nitrogens is 1. The predicted molar refractivity (Wildman–Crippen MR) is 51.5 cm³/mol. The van der Waals surface area contributed by atoms with E-state index in [0.717, 1.165) is 6.07 Å². The summed E-state index contributed by atoms with van der Waals surface area (Å²) in [7, 11) is 0. The van der Waals surface area contributed by atoms with Crippen molar-refractivity contribution in [3.8, 4) is 11.8 Å². The second kappa shape index (κ2) is 5.04. The lowest BCUT2D eigenvalue weighted by molar-refractivity contribution is -0.138. The maximum absolute atomic E-state index is 12.4. The van der Waals surface area contributed by atoms with Crippen LogP contribution >= 0.6 is 11.6 Å². The summed E-state index contributed by atoms with van der Waals surface area (Å²) in [5.74, 6) is 5.17. The Morgan fingerprint density at radius 1 is 1.40 bits per heavy atom. The van der Waals surface area contributed by atoms with Gasteiger partial charge in [0.15, 0.2) is 0 Å². The Labute approximate surface area is 90.3 Å². The number of pyridine rings is 1. The smallest absolute Gasteiger partial charge is 0.247 e. The summed E-state index contributed by atoms with van der Waals surface area (Å²) in [5, 5.41) is 0. The van der Waals surface area contributed by atoms with Gasteiger partial charge in [-0.05, 0) is 18.1 Å². The topological polar surface area (TPSA) is 12.9 Å². The van der Waals surface area contributed by atoms with Crippen LogP contribution in [0, 0.1) is 11.8 Å². The summed E-state index contributed by atoms with van der Waals surface area (Å²) in [6.07, 6.45) is -2.80. The summed E-state index contributed by atoms with van der Waals surface area (Å²) in [6.45, 7) is 0. The lowest BCUT2D eigenvalue weighted by Crippen LogP contribution is -2.08. The van der Waals surface area contributed by atoms with Gasteiger partial charge in [0.1, 0.15) is 5.69 Å². The van der Waals surface area contributed by atoms with Gasteiger partial charge in [-0.2, -0.15) is 13.2 Å². The van der Waals surface area contributed by atoms with Crippen LogP contribution in [0.25, 0.3) is 0 Å². The molecule has 0 aromatic carbocycles. The first-order valence-electron chi connectivity index (χ1n) is 4.12. The molecule has 0 aliphatic heterocycles. The molecule has 1 aromatic heterocycles. The first-order valence-corrected chi connectivity index (χ1v) is 4.66. The molecule has 0 spiro atoms. The zero-order valence-electron chi connectivity index (χ0n) is 7.61. The average Bonchev–Trinajstić information content (AvgIpc) is 2.17. The van der Waals surface area contributed by atoms with Crippen LogP contribution in [0.5, 0.6) is 0 Å². The molecule has 0 fully saturated rings. The molecular formula is C10H7ClF3N. The molecule has 0 aliphatic carbocycles. The van der Waals surface area contributed by atoms with Gasteiger partial charge in [-0.15, -0.1) is 11.6 Å². The van der Waals surface area contributed by atoms with Gasteiger partial charge in [-0.3, -0.25) is 0 Å². The third-order valence-corrected chi connectivity index (χ3v) is 1.73. The van der Waals surface area contributed by atoms with Crippen molar-refractivity contribution >= 4 is 11.6 Å². The Morgan fingerprint density at radius 3 is 2.73 bits per heavy atom. The molecule has 0 bridgehead atoms. The fraction of sp³-hybridized carbons (Fsp3) is 0.300. The zero-order valence-corrected chi connectivity index (χ0v) is 8.36. The minimum atomic E-state index is -4.42. The van der Waals surface area contributed by atoms with Crippen LogP contribution < -0.4 is 0 Å². The van der Waals surface area contributed by atoms with Crippen molar-refractivity contribution in [2.24, 2.45) is 0 Å². The molecule has 80 valence electrons. The monoisotopic (exact) mass is 233 g/mol. The minimum Gasteiger partial charge on any atom is -0.247 e. The molecule has 0 saturated heterocycles. The van der Waals surface area contributed by atoms with Crippen molar-refractivity contribution in [2.45, 2.75) is 12.6 Å². The highest BCUT2D eigenvalue weighted by Gasteiger charge is 2.33. The van der Waals surface area contributed by atoms with Crippen LogP contribution in [-0.2, 0) is 6.18 Å². The molecule has 15 heavy (non-hydrogen) atoms. The molecule has 5 heteroatoms. The molecule has 0 N–H and O–H groups in total. The van der Waals surface area contributed by atoms with E-state index in [1.165, 1.54) is 12.3 Å². The number of hydrogen-bond acceptors (Lipinski definition) is 1. The molecular weight excluding hydrogens is 227 g/mol. The maximum atomic E-state index is 12.4. The summed E-state index contributed by atoms with van der Waals surface area (Å²) in [6, 6.07) is 2.19. The van der Waals surface area contributed by atoms with Crippen molar-refractivity contribution in [2.75, 3.05) is 5.88 Å². The van der Waals surface area contributed by atoms with Gasteiger partial charge in [-0.1, -0.05) is 5.92 Å². The van der Waals surface area contributed by atoms with E-state index in [4.69, 9.17) is 11.6 Å². The van der Waals surface area contributed by atoms with Crippen molar-refractivity contribution in [3.63, 3.8) is 0 Å². The number of alkyl halides is 4. The first kappa shape index (κ1) is 11.9. The highest BCUT2D eigenvalue weighted by atomic mass is 35.5. The van der Waals surface area contributed by atoms with E-state index in [1.54, 1.807) is 0 Å². The molecule has 0 radical (unpaired) electrons. The fourth-order valence-electron chi connectivity index (χ4n) is 0.927. The number of hydrogen-bond donors (Lipinski definition) is 0. The highest BCUT2D eigenvalue weighted by Crippen LogP contribution is 2.30. The lowest BCUT2D eigenvalue weighted by Gasteiger charge is -2.06. The molecule has 0 saturated carbocycles. The van der Waals surface area contributed by atoms with Crippen LogP contribution in [0.1, 0.15) is 17.7 Å². The maximum Gasteiger partial charge on any atom is 0.419 e. The Hall–Kier alpha value is -1.21. The van der Waals surface area contributed by atoms with Gasteiger partial charge in [-0.25, -0.2) is 4.98 Å². The van der Waals surface area contributed by atoms with Crippen molar-refractivity contribution in [1.82, 2.24) is 4.98 Å². The SMILES string of the molecule is FC(F)(F)c1cccnc1C#CCCCl. The minimum absolute atomic E-state index is 0.255. The van der Waals surface area contributed by atoms with Crippen molar-refractivity contribution in [3.05, 3.63) is 29.6 Å². The second-order valence-corrected chi connectivity index (χ2v) is 3.02. The highest BCUT2D eigenvalue weighted by molar-refractivity contribution is 6.18. The average molecular weight is 234 g/mol. The van der Waals surface area contributed by atoms with Crippen LogP contribution in [0.3, 0.4) is 0 Å². The summed E-state index contributed by atoms with van der Waals surface area (Å²) in [4.78, 5) is 3.58. The predicted octanol–water partition coefficient (Wildman–Crippen LogP) is 3.08. The standard InChI is InChI=1S/C10H7ClF3N/c11-6-2-1-5-9-8(10(12,13)14)4-3-7-15-9/h3-4,7H,2,6H2. The van der Waals surface area contributed by atoms with E-state index < -0.39 is 11.7 Å². The van der Waals surface area contributed by atoms with Crippen molar-refractivity contribution < 1.29 is 13.2 Å². The van der Waals surface area contributed by atoms with Crippen LogP contribution in [0.15, 0.2) is 18.3 Å². The molecule has 1 rings (SSSR count). The summed E-state index contributed by atoms with van der Waals surface area (Å²) >= 11 is 5.35. The quantitative estimate of drug-likeness (QED) is 0.537. The second-order valence-electron chi connectivity index (χ2n) is 2.64. The summed E-state index contributed by atoms with van der Waals surface area (Å²) in [5.41, 5.74) is -1.07. The molecule has 0 amide bonds. The van der Waals surface area contributed by atoms with Gasteiger partial charge in [0, 0.05) is 18.5 Å². The molecule has 1 aromatic rings. The largest absolute Gasteiger partial charge is 0.419 e. The third kappa shape index (κ3) is 3.45. The Bertz CT molecular complexity index is 390. The molecule has 0 aliphatic rings. The van der Waals surface area contributed by atoms with E-state index in [9.17, 15) is 13.2 Å². The Balaban J connectivity index is 3.04. The van der Waals surface area contributed by atoms with Gasteiger partial charge in [0.25, 0.3) is 0 Å². The van der Waals surface area contributed by atoms with E-state index in [-0.39, 0.29) is 5.69 Å². The van der Waals surface area contributed by atoms with Gasteiger partial charge >= 0.3 is 6.18 Å². The van der Waals surface area contributed by atoms with E-state index >= 15 is 0 Å². The molecule has 0 atom stereocenters.